The van der Waals surface area contributed by atoms with Gasteiger partial charge in [-0.15, -0.1) is 5.10 Å². The number of hydrogen-bond acceptors (Lipinski definition) is 7. The Morgan fingerprint density at radius 2 is 1.88 bits per heavy atom. The predicted molar refractivity (Wildman–Crippen MR) is 81.8 cm³/mol. The molecular weight excluding hydrogens is 334 g/mol. The number of halogens is 2. The van der Waals surface area contributed by atoms with Crippen molar-refractivity contribution in [1.29, 1.82) is 0 Å². The zero-order valence-corrected chi connectivity index (χ0v) is 13.1. The number of aliphatic hydroxyl groups is 1. The van der Waals surface area contributed by atoms with Crippen molar-refractivity contribution in [3.05, 3.63) is 48.7 Å². The molecule has 2 aromatic heterocycles. The highest BCUT2D eigenvalue weighted by Crippen LogP contribution is 2.28. The first-order valence-electron chi connectivity index (χ1n) is 7.25. The number of hydrogen-bond donors (Lipinski definition) is 1. The van der Waals surface area contributed by atoms with Crippen molar-refractivity contribution in [2.24, 2.45) is 0 Å². The van der Waals surface area contributed by atoms with Crippen LogP contribution in [0, 0.1) is 0 Å². The van der Waals surface area contributed by atoms with Gasteiger partial charge in [0.05, 0.1) is 30.9 Å². The normalized spacial score (nSPS) is 14.7. The zero-order valence-electron chi connectivity index (χ0n) is 13.1. The highest BCUT2D eigenvalue weighted by atomic mass is 19.1. The summed E-state index contributed by atoms with van der Waals surface area (Å²) >= 11 is 0. The predicted octanol–water partition coefficient (Wildman–Crippen LogP) is 1.68. The topological polar surface area (TPSA) is 98.8 Å². The first-order chi connectivity index (χ1) is 12.1. The molecule has 25 heavy (non-hydrogen) atoms. The van der Waals surface area contributed by atoms with Crippen molar-refractivity contribution < 1.29 is 18.6 Å². The molecule has 8 nitrogen and oxygen atoms in total. The van der Waals surface area contributed by atoms with Crippen LogP contribution in [0.1, 0.15) is 18.2 Å². The molecule has 0 fully saturated rings. The summed E-state index contributed by atoms with van der Waals surface area (Å²) in [6, 6.07) is 7.07. The van der Waals surface area contributed by atoms with E-state index in [1.165, 1.54) is 6.20 Å². The molecule has 0 saturated heterocycles. The first-order valence-corrected chi connectivity index (χ1v) is 7.25. The summed E-state index contributed by atoms with van der Waals surface area (Å²) in [6.45, 7) is 0. The molecule has 1 N–H and O–H groups in total. The summed E-state index contributed by atoms with van der Waals surface area (Å²) < 4.78 is 34.0. The molecule has 10 heteroatoms. The number of benzene rings is 1. The Labute approximate surface area is 141 Å². The number of alkyl halides is 2. The molecule has 3 unspecified atom stereocenters. The SMILES string of the molecule is COc1ccc(-c2cnc(C(F)C(O)C(F)n3cnnn3)cn2)cc1. The summed E-state index contributed by atoms with van der Waals surface area (Å²) in [5.74, 6) is 0.692. The lowest BCUT2D eigenvalue weighted by Gasteiger charge is -2.18. The summed E-state index contributed by atoms with van der Waals surface area (Å²) in [5, 5.41) is 19.6. The maximum atomic E-state index is 14.3. The number of methoxy groups -OCH3 is 1. The van der Waals surface area contributed by atoms with Gasteiger partial charge in [0.1, 0.15) is 18.2 Å². The average molecular weight is 348 g/mol. The van der Waals surface area contributed by atoms with Crippen LogP contribution in [0.15, 0.2) is 43.0 Å². The Morgan fingerprint density at radius 1 is 1.12 bits per heavy atom. The molecule has 0 aliphatic rings. The van der Waals surface area contributed by atoms with Crippen molar-refractivity contribution >= 4 is 0 Å². The maximum Gasteiger partial charge on any atom is 0.224 e. The van der Waals surface area contributed by atoms with E-state index in [1.54, 1.807) is 31.4 Å². The highest BCUT2D eigenvalue weighted by molar-refractivity contribution is 5.59. The van der Waals surface area contributed by atoms with Crippen molar-refractivity contribution in [3.8, 4) is 17.0 Å². The second-order valence-electron chi connectivity index (χ2n) is 5.11. The fourth-order valence-electron chi connectivity index (χ4n) is 2.14. The fraction of sp³-hybridized carbons (Fsp3) is 0.267. The highest BCUT2D eigenvalue weighted by Gasteiger charge is 2.32. The fourth-order valence-corrected chi connectivity index (χ4v) is 2.14. The van der Waals surface area contributed by atoms with Gasteiger partial charge >= 0.3 is 0 Å². The van der Waals surface area contributed by atoms with Crippen LogP contribution in [0.4, 0.5) is 8.78 Å². The number of rotatable bonds is 6. The largest absolute Gasteiger partial charge is 0.497 e. The molecule has 0 spiro atoms. The third kappa shape index (κ3) is 3.58. The zero-order chi connectivity index (χ0) is 17.8. The van der Waals surface area contributed by atoms with Crippen molar-refractivity contribution in [1.82, 2.24) is 30.2 Å². The first kappa shape index (κ1) is 16.8. The van der Waals surface area contributed by atoms with Crippen LogP contribution in [-0.4, -0.2) is 48.5 Å². The minimum Gasteiger partial charge on any atom is -0.497 e. The Bertz CT molecular complexity index is 798. The number of aliphatic hydroxyl groups excluding tert-OH is 1. The smallest absolute Gasteiger partial charge is 0.224 e. The second kappa shape index (κ2) is 7.26. The van der Waals surface area contributed by atoms with E-state index in [0.29, 0.717) is 16.1 Å². The molecule has 0 bridgehead atoms. The summed E-state index contributed by atoms with van der Waals surface area (Å²) in [7, 11) is 1.56. The van der Waals surface area contributed by atoms with E-state index in [9.17, 15) is 13.9 Å². The average Bonchev–Trinajstić information content (AvgIpc) is 3.21. The summed E-state index contributed by atoms with van der Waals surface area (Å²) in [6.07, 6.45) is -2.81. The molecule has 2 heterocycles. The number of ether oxygens (including phenoxy) is 1. The van der Waals surface area contributed by atoms with Gasteiger partial charge in [0.25, 0.3) is 0 Å². The van der Waals surface area contributed by atoms with Gasteiger partial charge in [0, 0.05) is 5.56 Å². The summed E-state index contributed by atoms with van der Waals surface area (Å²) in [5.41, 5.74) is 1.07. The van der Waals surface area contributed by atoms with Gasteiger partial charge in [0.15, 0.2) is 6.17 Å². The van der Waals surface area contributed by atoms with Crippen LogP contribution in [0.25, 0.3) is 11.3 Å². The van der Waals surface area contributed by atoms with Crippen molar-refractivity contribution in [2.75, 3.05) is 7.11 Å². The van der Waals surface area contributed by atoms with Gasteiger partial charge < -0.3 is 9.84 Å². The van der Waals surface area contributed by atoms with Crippen LogP contribution >= 0.6 is 0 Å². The molecule has 3 aromatic rings. The monoisotopic (exact) mass is 348 g/mol. The molecule has 0 aliphatic carbocycles. The van der Waals surface area contributed by atoms with Crippen LogP contribution in [0.3, 0.4) is 0 Å². The van der Waals surface area contributed by atoms with Gasteiger partial charge in [-0.3, -0.25) is 9.97 Å². The molecule has 1 aromatic carbocycles. The van der Waals surface area contributed by atoms with E-state index in [4.69, 9.17) is 4.74 Å². The van der Waals surface area contributed by atoms with Crippen LogP contribution < -0.4 is 4.74 Å². The van der Waals surface area contributed by atoms with E-state index in [0.717, 1.165) is 18.1 Å². The molecule has 130 valence electrons. The molecule has 3 rings (SSSR count). The van der Waals surface area contributed by atoms with E-state index < -0.39 is 18.6 Å². The minimum absolute atomic E-state index is 0.194. The number of aromatic nitrogens is 6. The molecule has 0 aliphatic heterocycles. The van der Waals surface area contributed by atoms with Crippen LogP contribution in [-0.2, 0) is 0 Å². The molecule has 3 atom stereocenters. The number of tetrazole rings is 1. The van der Waals surface area contributed by atoms with Gasteiger partial charge in [-0.05, 0) is 34.7 Å². The maximum absolute atomic E-state index is 14.3. The molecule has 0 saturated carbocycles. The Kier molecular flexibility index (Phi) is 4.89. The minimum atomic E-state index is -2.15. The third-order valence-electron chi connectivity index (χ3n) is 3.54. The van der Waals surface area contributed by atoms with Gasteiger partial charge in [-0.1, -0.05) is 0 Å². The van der Waals surface area contributed by atoms with E-state index in [-0.39, 0.29) is 5.69 Å². The Hall–Kier alpha value is -3.01. The van der Waals surface area contributed by atoms with Gasteiger partial charge in [-0.2, -0.15) is 4.68 Å². The van der Waals surface area contributed by atoms with Gasteiger partial charge in [0.2, 0.25) is 6.30 Å². The van der Waals surface area contributed by atoms with E-state index in [2.05, 4.69) is 25.5 Å². The standard InChI is InChI=1S/C15H14F2N6O2/c1-25-10-4-2-9(3-5-10)11-6-19-12(7-18-11)13(16)14(24)15(17)23-8-20-21-22-23/h2-8,13-15,24H,1H3. The van der Waals surface area contributed by atoms with Crippen LogP contribution in [0.2, 0.25) is 0 Å². The Balaban J connectivity index is 1.74. The number of nitrogens with zero attached hydrogens (tertiary/aromatic N) is 6. The lowest BCUT2D eigenvalue weighted by molar-refractivity contribution is -0.0295. The quantitative estimate of drug-likeness (QED) is 0.723. The summed E-state index contributed by atoms with van der Waals surface area (Å²) in [4.78, 5) is 8.03. The van der Waals surface area contributed by atoms with E-state index >= 15 is 0 Å². The van der Waals surface area contributed by atoms with Crippen molar-refractivity contribution in [3.63, 3.8) is 0 Å². The van der Waals surface area contributed by atoms with E-state index in [1.807, 2.05) is 0 Å². The molecular formula is C15H14F2N6O2. The van der Waals surface area contributed by atoms with Crippen LogP contribution in [0.5, 0.6) is 5.75 Å². The lowest BCUT2D eigenvalue weighted by Crippen LogP contribution is -2.26. The Morgan fingerprint density at radius 3 is 2.44 bits per heavy atom. The van der Waals surface area contributed by atoms with Gasteiger partial charge in [-0.25, -0.2) is 8.78 Å². The lowest BCUT2D eigenvalue weighted by atomic mass is 10.1. The van der Waals surface area contributed by atoms with Crippen molar-refractivity contribution in [2.45, 2.75) is 18.6 Å². The molecule has 0 radical (unpaired) electrons. The molecule has 0 amide bonds. The second-order valence-corrected chi connectivity index (χ2v) is 5.11. The third-order valence-corrected chi connectivity index (χ3v) is 3.54.